The Labute approximate surface area is 93.4 Å². The molecule has 0 fully saturated rings. The summed E-state index contributed by atoms with van der Waals surface area (Å²) in [5, 5.41) is 11.2. The number of carboxylic acids is 1. The molecule has 1 atom stereocenters. The van der Waals surface area contributed by atoms with E-state index in [9.17, 15) is 9.59 Å². The van der Waals surface area contributed by atoms with Crippen molar-refractivity contribution in [1.29, 1.82) is 0 Å². The quantitative estimate of drug-likeness (QED) is 0.794. The van der Waals surface area contributed by atoms with Crippen molar-refractivity contribution in [3.63, 3.8) is 0 Å². The van der Waals surface area contributed by atoms with Crippen molar-refractivity contribution in [2.75, 3.05) is 0 Å². The SMILES string of the molecule is CCc1ccc(C(=O)NC(CC)C(=O)O)o1. The molecule has 88 valence electrons. The zero-order valence-corrected chi connectivity index (χ0v) is 9.32. The van der Waals surface area contributed by atoms with Crippen LogP contribution in [0.15, 0.2) is 16.5 Å². The molecule has 0 saturated heterocycles. The van der Waals surface area contributed by atoms with E-state index in [4.69, 9.17) is 9.52 Å². The second-order valence-corrected chi connectivity index (χ2v) is 3.39. The third-order valence-corrected chi connectivity index (χ3v) is 2.25. The van der Waals surface area contributed by atoms with Gasteiger partial charge in [-0.15, -0.1) is 0 Å². The molecule has 1 amide bonds. The van der Waals surface area contributed by atoms with Crippen molar-refractivity contribution >= 4 is 11.9 Å². The average molecular weight is 225 g/mol. The summed E-state index contributed by atoms with van der Waals surface area (Å²) in [5.41, 5.74) is 0. The van der Waals surface area contributed by atoms with Gasteiger partial charge in [-0.1, -0.05) is 13.8 Å². The van der Waals surface area contributed by atoms with E-state index in [0.717, 1.165) is 0 Å². The number of aryl methyl sites for hydroxylation is 1. The Kier molecular flexibility index (Phi) is 4.10. The van der Waals surface area contributed by atoms with Crippen LogP contribution < -0.4 is 5.32 Å². The van der Waals surface area contributed by atoms with E-state index in [1.54, 1.807) is 19.1 Å². The first kappa shape index (κ1) is 12.3. The van der Waals surface area contributed by atoms with Crippen molar-refractivity contribution in [3.05, 3.63) is 23.7 Å². The predicted molar refractivity (Wildman–Crippen MR) is 57.3 cm³/mol. The molecule has 1 unspecified atom stereocenters. The molecule has 0 saturated carbocycles. The fraction of sp³-hybridized carbons (Fsp3) is 0.455. The smallest absolute Gasteiger partial charge is 0.326 e. The van der Waals surface area contributed by atoms with Gasteiger partial charge in [-0.3, -0.25) is 4.79 Å². The Balaban J connectivity index is 2.67. The zero-order chi connectivity index (χ0) is 12.1. The lowest BCUT2D eigenvalue weighted by Crippen LogP contribution is -2.40. The van der Waals surface area contributed by atoms with Crippen LogP contribution in [0.25, 0.3) is 0 Å². The molecule has 16 heavy (non-hydrogen) atoms. The van der Waals surface area contributed by atoms with E-state index in [1.807, 2.05) is 6.92 Å². The van der Waals surface area contributed by atoms with Gasteiger partial charge < -0.3 is 14.8 Å². The minimum atomic E-state index is -1.04. The van der Waals surface area contributed by atoms with Gasteiger partial charge in [-0.25, -0.2) is 4.79 Å². The van der Waals surface area contributed by atoms with Crippen LogP contribution in [-0.2, 0) is 11.2 Å². The molecule has 0 aliphatic rings. The van der Waals surface area contributed by atoms with Gasteiger partial charge in [0.1, 0.15) is 11.8 Å². The number of rotatable bonds is 5. The van der Waals surface area contributed by atoms with Gasteiger partial charge in [-0.05, 0) is 18.6 Å². The Morgan fingerprint density at radius 2 is 2.12 bits per heavy atom. The minimum absolute atomic E-state index is 0.150. The molecule has 0 aliphatic carbocycles. The maximum absolute atomic E-state index is 11.6. The lowest BCUT2D eigenvalue weighted by Gasteiger charge is -2.10. The molecule has 1 rings (SSSR count). The molecule has 0 aliphatic heterocycles. The van der Waals surface area contributed by atoms with Gasteiger partial charge in [0.15, 0.2) is 5.76 Å². The zero-order valence-electron chi connectivity index (χ0n) is 9.32. The Hall–Kier alpha value is -1.78. The summed E-state index contributed by atoms with van der Waals surface area (Å²) in [7, 11) is 0. The Morgan fingerprint density at radius 3 is 2.56 bits per heavy atom. The number of amides is 1. The summed E-state index contributed by atoms with van der Waals surface area (Å²) in [6.45, 7) is 3.60. The van der Waals surface area contributed by atoms with Crippen LogP contribution in [-0.4, -0.2) is 23.0 Å². The molecule has 5 nitrogen and oxygen atoms in total. The summed E-state index contributed by atoms with van der Waals surface area (Å²) in [4.78, 5) is 22.3. The summed E-state index contributed by atoms with van der Waals surface area (Å²) < 4.78 is 5.21. The molecule has 1 heterocycles. The summed E-state index contributed by atoms with van der Waals surface area (Å²) in [5.74, 6) is -0.683. The van der Waals surface area contributed by atoms with Gasteiger partial charge in [0.25, 0.3) is 5.91 Å². The molecule has 1 aromatic rings. The molecule has 0 aromatic carbocycles. The third-order valence-electron chi connectivity index (χ3n) is 2.25. The first-order valence-electron chi connectivity index (χ1n) is 5.20. The van der Waals surface area contributed by atoms with Crippen LogP contribution in [0.5, 0.6) is 0 Å². The van der Waals surface area contributed by atoms with Crippen LogP contribution in [0.3, 0.4) is 0 Å². The number of furan rings is 1. The highest BCUT2D eigenvalue weighted by Gasteiger charge is 2.20. The number of aliphatic carboxylic acids is 1. The van der Waals surface area contributed by atoms with Gasteiger partial charge >= 0.3 is 5.97 Å². The minimum Gasteiger partial charge on any atom is -0.480 e. The number of carbonyl (C=O) groups excluding carboxylic acids is 1. The summed E-state index contributed by atoms with van der Waals surface area (Å²) >= 11 is 0. The monoisotopic (exact) mass is 225 g/mol. The molecule has 0 bridgehead atoms. The standard InChI is InChI=1S/C11H15NO4/c1-3-7-5-6-9(16-7)10(13)12-8(4-2)11(14)15/h5-6,8H,3-4H2,1-2H3,(H,12,13)(H,14,15). The molecule has 2 N–H and O–H groups in total. The highest BCUT2D eigenvalue weighted by molar-refractivity contribution is 5.94. The van der Waals surface area contributed by atoms with Crippen molar-refractivity contribution in [2.24, 2.45) is 0 Å². The van der Waals surface area contributed by atoms with Crippen LogP contribution in [0.1, 0.15) is 36.6 Å². The summed E-state index contributed by atoms with van der Waals surface area (Å²) in [6.07, 6.45) is 1.03. The number of hydrogen-bond donors (Lipinski definition) is 2. The van der Waals surface area contributed by atoms with E-state index < -0.39 is 17.9 Å². The Bertz CT molecular complexity index is 383. The van der Waals surface area contributed by atoms with Crippen molar-refractivity contribution in [3.8, 4) is 0 Å². The topological polar surface area (TPSA) is 79.5 Å². The molecule has 0 radical (unpaired) electrons. The van der Waals surface area contributed by atoms with Gasteiger partial charge in [0, 0.05) is 6.42 Å². The van der Waals surface area contributed by atoms with Crippen molar-refractivity contribution in [2.45, 2.75) is 32.7 Å². The maximum atomic E-state index is 11.6. The number of hydrogen-bond acceptors (Lipinski definition) is 3. The average Bonchev–Trinajstić information content (AvgIpc) is 2.73. The molecule has 5 heteroatoms. The lowest BCUT2D eigenvalue weighted by atomic mass is 10.2. The number of nitrogens with one attached hydrogen (secondary N) is 1. The van der Waals surface area contributed by atoms with E-state index in [1.165, 1.54) is 0 Å². The molecular weight excluding hydrogens is 210 g/mol. The molecular formula is C11H15NO4. The Morgan fingerprint density at radius 1 is 1.44 bits per heavy atom. The number of carbonyl (C=O) groups is 2. The van der Waals surface area contributed by atoms with Crippen LogP contribution in [0.4, 0.5) is 0 Å². The summed E-state index contributed by atoms with van der Waals surface area (Å²) in [6, 6.07) is 2.38. The highest BCUT2D eigenvalue weighted by Crippen LogP contribution is 2.08. The first-order chi connectivity index (χ1) is 7.58. The van der Waals surface area contributed by atoms with E-state index >= 15 is 0 Å². The fourth-order valence-electron chi connectivity index (χ4n) is 1.26. The largest absolute Gasteiger partial charge is 0.480 e. The van der Waals surface area contributed by atoms with Crippen molar-refractivity contribution < 1.29 is 19.1 Å². The predicted octanol–water partition coefficient (Wildman–Crippen LogP) is 1.44. The molecule has 1 aromatic heterocycles. The van der Waals surface area contributed by atoms with Crippen LogP contribution in [0, 0.1) is 0 Å². The second-order valence-electron chi connectivity index (χ2n) is 3.39. The second kappa shape index (κ2) is 5.34. The van der Waals surface area contributed by atoms with E-state index in [-0.39, 0.29) is 5.76 Å². The van der Waals surface area contributed by atoms with E-state index in [0.29, 0.717) is 18.6 Å². The van der Waals surface area contributed by atoms with Crippen LogP contribution in [0.2, 0.25) is 0 Å². The van der Waals surface area contributed by atoms with Gasteiger partial charge in [-0.2, -0.15) is 0 Å². The fourth-order valence-corrected chi connectivity index (χ4v) is 1.26. The van der Waals surface area contributed by atoms with Crippen LogP contribution >= 0.6 is 0 Å². The van der Waals surface area contributed by atoms with Gasteiger partial charge in [0.05, 0.1) is 0 Å². The van der Waals surface area contributed by atoms with Crippen molar-refractivity contribution in [1.82, 2.24) is 5.32 Å². The van der Waals surface area contributed by atoms with E-state index in [2.05, 4.69) is 5.32 Å². The first-order valence-corrected chi connectivity index (χ1v) is 5.20. The maximum Gasteiger partial charge on any atom is 0.326 e. The normalized spacial score (nSPS) is 12.1. The third kappa shape index (κ3) is 2.85. The van der Waals surface area contributed by atoms with Gasteiger partial charge in [0.2, 0.25) is 0 Å². The highest BCUT2D eigenvalue weighted by atomic mass is 16.4. The lowest BCUT2D eigenvalue weighted by molar-refractivity contribution is -0.139. The molecule has 0 spiro atoms. The number of carboxylic acid groups (broad SMARTS) is 1.